The lowest BCUT2D eigenvalue weighted by molar-refractivity contribution is 0.548. The highest BCUT2D eigenvalue weighted by Crippen LogP contribution is 2.32. The second-order valence-corrected chi connectivity index (χ2v) is 8.70. The van der Waals surface area contributed by atoms with Crippen molar-refractivity contribution in [3.8, 4) is 11.3 Å². The van der Waals surface area contributed by atoms with Crippen molar-refractivity contribution in [3.05, 3.63) is 70.0 Å². The van der Waals surface area contributed by atoms with Crippen LogP contribution < -0.4 is 5.73 Å². The van der Waals surface area contributed by atoms with Gasteiger partial charge in [-0.3, -0.25) is 4.98 Å². The van der Waals surface area contributed by atoms with Crippen molar-refractivity contribution in [2.45, 2.75) is 18.4 Å². The lowest BCUT2D eigenvalue weighted by Crippen LogP contribution is -2.08. The van der Waals surface area contributed by atoms with Gasteiger partial charge >= 0.3 is 0 Å². The molecule has 0 aliphatic heterocycles. The predicted octanol–water partition coefficient (Wildman–Crippen LogP) is 3.96. The van der Waals surface area contributed by atoms with Crippen LogP contribution in [0.3, 0.4) is 0 Å². The van der Waals surface area contributed by atoms with Gasteiger partial charge < -0.3 is 5.73 Å². The minimum Gasteiger partial charge on any atom is -0.397 e. The molecule has 3 rings (SSSR count). The number of benzene rings is 1. The van der Waals surface area contributed by atoms with Crippen LogP contribution >= 0.6 is 11.6 Å². The second-order valence-electron chi connectivity index (χ2n) is 6.33. The van der Waals surface area contributed by atoms with E-state index in [9.17, 15) is 17.2 Å². The minimum atomic E-state index is -3.80. The fourth-order valence-electron chi connectivity index (χ4n) is 2.80. The maximum absolute atomic E-state index is 14.6. The Morgan fingerprint density at radius 1 is 1.14 bits per heavy atom. The van der Waals surface area contributed by atoms with Gasteiger partial charge in [-0.15, -0.1) is 0 Å². The highest BCUT2D eigenvalue weighted by molar-refractivity contribution is 7.90. The van der Waals surface area contributed by atoms with Crippen LogP contribution in [0.2, 0.25) is 5.02 Å². The summed E-state index contributed by atoms with van der Waals surface area (Å²) < 4.78 is 52.1. The molecule has 0 unspecified atom stereocenters. The quantitative estimate of drug-likeness (QED) is 0.686. The van der Waals surface area contributed by atoms with E-state index < -0.39 is 26.5 Å². The molecule has 0 atom stereocenters. The molecule has 0 bridgehead atoms. The van der Waals surface area contributed by atoms with Gasteiger partial charge in [-0.25, -0.2) is 22.2 Å². The first kappa shape index (κ1) is 20.2. The van der Waals surface area contributed by atoms with Crippen molar-refractivity contribution in [3.63, 3.8) is 0 Å². The third-order valence-corrected chi connectivity index (χ3v) is 5.57. The van der Waals surface area contributed by atoms with E-state index in [0.717, 1.165) is 6.26 Å². The fourth-order valence-corrected chi connectivity index (χ4v) is 3.66. The summed E-state index contributed by atoms with van der Waals surface area (Å²) in [5, 5.41) is -0.355. The first-order chi connectivity index (χ1) is 13.1. The van der Waals surface area contributed by atoms with Crippen LogP contribution in [0, 0.1) is 18.6 Å². The topological polar surface area (TPSA) is 85.9 Å². The molecule has 1 aromatic carbocycles. The number of hydrogen-bond donors (Lipinski definition) is 1. The van der Waals surface area contributed by atoms with Gasteiger partial charge in [0.25, 0.3) is 0 Å². The molecule has 9 heteroatoms. The first-order valence-corrected chi connectivity index (χ1v) is 10.4. The third-order valence-electron chi connectivity index (χ3n) is 4.35. The molecule has 0 spiro atoms. The predicted molar refractivity (Wildman–Crippen MR) is 104 cm³/mol. The van der Waals surface area contributed by atoms with Gasteiger partial charge in [0.2, 0.25) is 0 Å². The van der Waals surface area contributed by atoms with Crippen LogP contribution in [-0.4, -0.2) is 24.6 Å². The largest absolute Gasteiger partial charge is 0.397 e. The fraction of sp³-hybridized carbons (Fsp3) is 0.158. The first-order valence-electron chi connectivity index (χ1n) is 8.12. The monoisotopic (exact) mass is 423 g/mol. The van der Waals surface area contributed by atoms with Crippen LogP contribution in [0.25, 0.3) is 11.3 Å². The average Bonchev–Trinajstić information content (AvgIpc) is 2.60. The molecule has 0 aliphatic carbocycles. The number of nitrogen functional groups attached to an aromatic ring is 1. The van der Waals surface area contributed by atoms with Gasteiger partial charge in [0.1, 0.15) is 5.82 Å². The van der Waals surface area contributed by atoms with Gasteiger partial charge in [0.05, 0.1) is 11.4 Å². The lowest BCUT2D eigenvalue weighted by Gasteiger charge is -2.14. The van der Waals surface area contributed by atoms with Crippen molar-refractivity contribution >= 4 is 27.1 Å². The summed E-state index contributed by atoms with van der Waals surface area (Å²) in [4.78, 5) is 7.84. The van der Waals surface area contributed by atoms with E-state index in [1.807, 2.05) is 0 Å². The van der Waals surface area contributed by atoms with Crippen LogP contribution in [-0.2, 0) is 16.3 Å². The maximum atomic E-state index is 14.6. The number of hydrogen-bond acceptors (Lipinski definition) is 5. The zero-order chi connectivity index (χ0) is 20.6. The molecular formula is C19H16ClF2N3O2S. The molecule has 0 fully saturated rings. The second kappa shape index (κ2) is 7.44. The Hall–Kier alpha value is -2.58. The van der Waals surface area contributed by atoms with E-state index in [0.29, 0.717) is 11.1 Å². The van der Waals surface area contributed by atoms with E-state index in [4.69, 9.17) is 17.3 Å². The Morgan fingerprint density at radius 3 is 2.50 bits per heavy atom. The zero-order valence-corrected chi connectivity index (χ0v) is 16.6. The summed E-state index contributed by atoms with van der Waals surface area (Å²) in [6.45, 7) is 1.71. The molecule has 2 aromatic heterocycles. The van der Waals surface area contributed by atoms with E-state index in [1.54, 1.807) is 6.92 Å². The highest BCUT2D eigenvalue weighted by atomic mass is 35.5. The Balaban J connectivity index is 2.03. The summed E-state index contributed by atoms with van der Waals surface area (Å²) in [7, 11) is -3.80. The molecule has 28 heavy (non-hydrogen) atoms. The van der Waals surface area contributed by atoms with Gasteiger partial charge in [-0.05, 0) is 47.9 Å². The number of nitrogens with zero attached hydrogens (tertiary/aromatic N) is 2. The number of sulfone groups is 1. The number of pyridine rings is 2. The summed E-state index contributed by atoms with van der Waals surface area (Å²) in [5.74, 6) is -1.47. The molecule has 5 nitrogen and oxygen atoms in total. The summed E-state index contributed by atoms with van der Waals surface area (Å²) in [6, 6.07) is 5.58. The van der Waals surface area contributed by atoms with Crippen molar-refractivity contribution in [2.24, 2.45) is 0 Å². The van der Waals surface area contributed by atoms with Gasteiger partial charge in [0.15, 0.2) is 20.7 Å². The minimum absolute atomic E-state index is 0.0588. The number of rotatable bonds is 4. The van der Waals surface area contributed by atoms with Crippen LogP contribution in [0.15, 0.2) is 41.7 Å². The maximum Gasteiger partial charge on any atom is 0.195 e. The van der Waals surface area contributed by atoms with Gasteiger partial charge in [-0.2, -0.15) is 0 Å². The van der Waals surface area contributed by atoms with E-state index in [-0.39, 0.29) is 34.0 Å². The summed E-state index contributed by atoms with van der Waals surface area (Å²) in [5.41, 5.74) is 8.17. The Morgan fingerprint density at radius 2 is 1.86 bits per heavy atom. The summed E-state index contributed by atoms with van der Waals surface area (Å²) in [6.07, 6.45) is 3.65. The van der Waals surface area contributed by atoms with E-state index in [2.05, 4.69) is 9.97 Å². The normalized spacial score (nSPS) is 11.6. The number of aromatic nitrogens is 2. The molecule has 3 aromatic rings. The van der Waals surface area contributed by atoms with Gasteiger partial charge in [-0.1, -0.05) is 11.6 Å². The van der Waals surface area contributed by atoms with Crippen molar-refractivity contribution in [1.29, 1.82) is 0 Å². The van der Waals surface area contributed by atoms with Crippen LogP contribution in [0.4, 0.5) is 14.5 Å². The number of nitrogens with two attached hydrogens (primary N) is 1. The Bertz CT molecular complexity index is 1180. The molecular weight excluding hydrogens is 408 g/mol. The van der Waals surface area contributed by atoms with Crippen molar-refractivity contribution in [2.75, 3.05) is 12.0 Å². The van der Waals surface area contributed by atoms with Crippen molar-refractivity contribution < 1.29 is 17.2 Å². The molecule has 2 heterocycles. The Labute approximate surface area is 166 Å². The average molecular weight is 424 g/mol. The molecule has 0 saturated heterocycles. The molecule has 0 amide bonds. The zero-order valence-electron chi connectivity index (χ0n) is 15.0. The summed E-state index contributed by atoms with van der Waals surface area (Å²) >= 11 is 5.78. The van der Waals surface area contributed by atoms with E-state index >= 15 is 0 Å². The highest BCUT2D eigenvalue weighted by Gasteiger charge is 2.20. The van der Waals surface area contributed by atoms with Gasteiger partial charge in [0, 0.05) is 35.7 Å². The smallest absolute Gasteiger partial charge is 0.195 e. The third kappa shape index (κ3) is 3.83. The molecule has 0 aliphatic rings. The molecule has 0 saturated carbocycles. The van der Waals surface area contributed by atoms with Crippen LogP contribution in [0.5, 0.6) is 0 Å². The number of halogens is 3. The molecule has 2 N–H and O–H groups in total. The lowest BCUT2D eigenvalue weighted by atomic mass is 9.99. The van der Waals surface area contributed by atoms with Crippen LogP contribution in [0.1, 0.15) is 16.7 Å². The SMILES string of the molecule is Cc1c(Cc2ccnc(S(C)(=O)=O)c2F)cnc(-c2ccc(Cl)cc2F)c1N. The van der Waals surface area contributed by atoms with E-state index in [1.165, 1.54) is 36.7 Å². The standard InChI is InChI=1S/C19H16ClF2N3O2S/c1-10-12(7-11-5-6-24-19(16(11)22)28(2,26)27)9-25-18(17(10)23)14-4-3-13(20)8-15(14)21/h3-6,8-9H,7,23H2,1-2H3. The van der Waals surface area contributed by atoms with Crippen molar-refractivity contribution in [1.82, 2.24) is 9.97 Å². The number of anilines is 1. The molecule has 0 radical (unpaired) electrons. The Kier molecular flexibility index (Phi) is 5.36. The molecule has 146 valence electrons.